The number of rotatable bonds is 4. The van der Waals surface area contributed by atoms with E-state index in [4.69, 9.17) is 5.11 Å². The number of carboxylic acids is 1. The number of amides is 2. The number of carbonyl (C=O) groups is 3. The van der Waals surface area contributed by atoms with Crippen molar-refractivity contribution in [2.24, 2.45) is 23.2 Å². The van der Waals surface area contributed by atoms with Gasteiger partial charge in [-0.05, 0) is 11.8 Å². The second-order valence-corrected chi connectivity index (χ2v) is 5.51. The van der Waals surface area contributed by atoms with Crippen LogP contribution < -0.4 is 0 Å². The van der Waals surface area contributed by atoms with Gasteiger partial charge in [0, 0.05) is 6.54 Å². The predicted octanol–water partition coefficient (Wildman–Crippen LogP) is 0.738. The molecule has 2 amide bonds. The highest BCUT2D eigenvalue weighted by molar-refractivity contribution is 6.10. The molecule has 0 bridgehead atoms. The average molecular weight is 239 g/mol. The summed E-state index contributed by atoms with van der Waals surface area (Å²) < 4.78 is 0. The van der Waals surface area contributed by atoms with Gasteiger partial charge in [0.05, 0.1) is 17.8 Å². The number of imide groups is 1. The molecule has 0 aromatic carbocycles. The Bertz CT molecular complexity index is 377. The van der Waals surface area contributed by atoms with Crippen molar-refractivity contribution in [3.63, 3.8) is 0 Å². The highest BCUT2D eigenvalue weighted by atomic mass is 16.4. The van der Waals surface area contributed by atoms with Crippen LogP contribution in [-0.2, 0) is 14.4 Å². The smallest absolute Gasteiger partial charge is 0.308 e. The largest absolute Gasteiger partial charge is 0.481 e. The Balaban J connectivity index is 2.09. The molecule has 1 saturated heterocycles. The molecule has 1 heterocycles. The van der Waals surface area contributed by atoms with Crippen molar-refractivity contribution in [1.82, 2.24) is 4.90 Å². The van der Waals surface area contributed by atoms with Crippen molar-refractivity contribution >= 4 is 17.8 Å². The minimum absolute atomic E-state index is 0.0204. The first kappa shape index (κ1) is 12.1. The van der Waals surface area contributed by atoms with Crippen LogP contribution in [0.3, 0.4) is 0 Å². The van der Waals surface area contributed by atoms with Crippen molar-refractivity contribution in [1.29, 1.82) is 0 Å². The molecule has 1 aliphatic heterocycles. The van der Waals surface area contributed by atoms with Crippen LogP contribution in [0.2, 0.25) is 0 Å². The van der Waals surface area contributed by atoms with E-state index in [1.807, 2.05) is 13.8 Å². The molecular formula is C12H17NO4. The zero-order valence-corrected chi connectivity index (χ0v) is 10.3. The molecule has 0 spiro atoms. The quantitative estimate of drug-likeness (QED) is 0.734. The van der Waals surface area contributed by atoms with Gasteiger partial charge >= 0.3 is 5.97 Å². The van der Waals surface area contributed by atoms with Gasteiger partial charge in [-0.25, -0.2) is 0 Å². The molecule has 2 rings (SSSR count). The van der Waals surface area contributed by atoms with Gasteiger partial charge in [0.2, 0.25) is 11.8 Å². The molecule has 1 aliphatic carbocycles. The van der Waals surface area contributed by atoms with Crippen LogP contribution in [-0.4, -0.2) is 34.3 Å². The van der Waals surface area contributed by atoms with Gasteiger partial charge in [0.15, 0.2) is 0 Å². The van der Waals surface area contributed by atoms with Gasteiger partial charge in [-0.2, -0.15) is 0 Å². The maximum absolute atomic E-state index is 12.0. The minimum atomic E-state index is -0.951. The van der Waals surface area contributed by atoms with Crippen LogP contribution in [0.5, 0.6) is 0 Å². The number of nitrogens with zero attached hydrogens (tertiary/aromatic N) is 1. The minimum Gasteiger partial charge on any atom is -0.481 e. The van der Waals surface area contributed by atoms with Crippen molar-refractivity contribution in [3.8, 4) is 0 Å². The molecule has 1 N–H and O–H groups in total. The summed E-state index contributed by atoms with van der Waals surface area (Å²) >= 11 is 0. The fraction of sp³-hybridized carbons (Fsp3) is 0.750. The van der Waals surface area contributed by atoms with E-state index < -0.39 is 11.9 Å². The summed E-state index contributed by atoms with van der Waals surface area (Å²) in [6.07, 6.45) is 0.422. The molecule has 94 valence electrons. The van der Waals surface area contributed by atoms with Crippen LogP contribution >= 0.6 is 0 Å². The van der Waals surface area contributed by atoms with Gasteiger partial charge < -0.3 is 5.11 Å². The third-order valence-electron chi connectivity index (χ3n) is 4.14. The molecule has 1 saturated carbocycles. The summed E-state index contributed by atoms with van der Waals surface area (Å²) in [6, 6.07) is 0. The number of hydrogen-bond donors (Lipinski definition) is 1. The fourth-order valence-electron chi connectivity index (χ4n) is 2.79. The van der Waals surface area contributed by atoms with Crippen molar-refractivity contribution in [3.05, 3.63) is 0 Å². The first-order valence-corrected chi connectivity index (χ1v) is 5.90. The Morgan fingerprint density at radius 2 is 1.82 bits per heavy atom. The van der Waals surface area contributed by atoms with E-state index in [2.05, 4.69) is 0 Å². The van der Waals surface area contributed by atoms with Crippen LogP contribution in [0, 0.1) is 23.2 Å². The Kier molecular flexibility index (Phi) is 2.52. The van der Waals surface area contributed by atoms with E-state index in [0.717, 1.165) is 4.90 Å². The van der Waals surface area contributed by atoms with Crippen molar-refractivity contribution in [2.75, 3.05) is 6.54 Å². The topological polar surface area (TPSA) is 74.7 Å². The molecule has 0 aromatic heterocycles. The monoisotopic (exact) mass is 239 g/mol. The zero-order chi connectivity index (χ0) is 13.0. The molecule has 2 aliphatic rings. The van der Waals surface area contributed by atoms with E-state index in [1.54, 1.807) is 6.92 Å². The van der Waals surface area contributed by atoms with Gasteiger partial charge in [-0.3, -0.25) is 19.3 Å². The Hall–Kier alpha value is -1.39. The number of aliphatic carboxylic acids is 1. The zero-order valence-electron chi connectivity index (χ0n) is 10.3. The van der Waals surface area contributed by atoms with Crippen molar-refractivity contribution < 1.29 is 19.5 Å². The molecule has 0 aromatic rings. The molecule has 0 radical (unpaired) electrons. The molecule has 3 unspecified atom stereocenters. The number of hydrogen-bond acceptors (Lipinski definition) is 3. The second kappa shape index (κ2) is 3.55. The van der Waals surface area contributed by atoms with Crippen LogP contribution in [0.25, 0.3) is 0 Å². The van der Waals surface area contributed by atoms with Gasteiger partial charge in [0.1, 0.15) is 0 Å². The SMILES string of the molecule is CCC(CN1C(=O)C2C(C1=O)C2(C)C)C(=O)O. The summed E-state index contributed by atoms with van der Waals surface area (Å²) in [5.41, 5.74) is -0.227. The third kappa shape index (κ3) is 1.56. The molecule has 5 heteroatoms. The Morgan fingerprint density at radius 1 is 1.35 bits per heavy atom. The lowest BCUT2D eigenvalue weighted by molar-refractivity contribution is -0.147. The van der Waals surface area contributed by atoms with E-state index >= 15 is 0 Å². The van der Waals surface area contributed by atoms with Gasteiger partial charge in [-0.1, -0.05) is 20.8 Å². The maximum Gasteiger partial charge on any atom is 0.308 e. The second-order valence-electron chi connectivity index (χ2n) is 5.51. The van der Waals surface area contributed by atoms with Gasteiger partial charge in [0.25, 0.3) is 0 Å². The summed E-state index contributed by atoms with van der Waals surface area (Å²) in [5.74, 6) is -2.42. The van der Waals surface area contributed by atoms with E-state index in [0.29, 0.717) is 6.42 Å². The standard InChI is InChI=1S/C12H17NO4/c1-4-6(11(16)17)5-13-9(14)7-8(10(13)15)12(7,2)3/h6-8H,4-5H2,1-3H3,(H,16,17). The first-order valence-electron chi connectivity index (χ1n) is 5.90. The summed E-state index contributed by atoms with van der Waals surface area (Å²) in [7, 11) is 0. The number of carbonyl (C=O) groups excluding carboxylic acids is 2. The number of fused-ring (bicyclic) bond motifs is 1. The van der Waals surface area contributed by atoms with E-state index in [1.165, 1.54) is 0 Å². The summed E-state index contributed by atoms with van der Waals surface area (Å²) in [4.78, 5) is 36.0. The maximum atomic E-state index is 12.0. The molecule has 17 heavy (non-hydrogen) atoms. The van der Waals surface area contributed by atoms with Crippen LogP contribution in [0.4, 0.5) is 0 Å². The fourth-order valence-corrected chi connectivity index (χ4v) is 2.79. The highest BCUT2D eigenvalue weighted by Gasteiger charge is 2.72. The molecule has 3 atom stereocenters. The Labute approximate surface area is 99.8 Å². The van der Waals surface area contributed by atoms with E-state index in [-0.39, 0.29) is 35.6 Å². The number of likely N-dealkylation sites (tertiary alicyclic amines) is 1. The molecular weight excluding hydrogens is 222 g/mol. The number of piperidine rings is 1. The normalized spacial score (nSPS) is 31.4. The summed E-state index contributed by atoms with van der Waals surface area (Å²) in [5, 5.41) is 8.94. The highest BCUT2D eigenvalue weighted by Crippen LogP contribution is 2.63. The molecule has 5 nitrogen and oxygen atoms in total. The molecule has 2 fully saturated rings. The lowest BCUT2D eigenvalue weighted by atomic mass is 10.0. The predicted molar refractivity (Wildman–Crippen MR) is 58.9 cm³/mol. The van der Waals surface area contributed by atoms with E-state index in [9.17, 15) is 14.4 Å². The third-order valence-corrected chi connectivity index (χ3v) is 4.14. The number of carboxylic acid groups (broad SMARTS) is 1. The van der Waals surface area contributed by atoms with Gasteiger partial charge in [-0.15, -0.1) is 0 Å². The first-order chi connectivity index (χ1) is 7.82. The lowest BCUT2D eigenvalue weighted by Crippen LogP contribution is -2.41. The summed E-state index contributed by atoms with van der Waals surface area (Å²) in [6.45, 7) is 5.58. The van der Waals surface area contributed by atoms with Crippen molar-refractivity contribution in [2.45, 2.75) is 27.2 Å². The lowest BCUT2D eigenvalue weighted by Gasteiger charge is -2.23. The van der Waals surface area contributed by atoms with Crippen LogP contribution in [0.15, 0.2) is 0 Å². The Morgan fingerprint density at radius 3 is 2.18 bits per heavy atom. The van der Waals surface area contributed by atoms with Crippen LogP contribution in [0.1, 0.15) is 27.2 Å². The average Bonchev–Trinajstić information content (AvgIpc) is 2.69.